The fourth-order valence-electron chi connectivity index (χ4n) is 2.63. The second-order valence-electron chi connectivity index (χ2n) is 7.28. The third-order valence-electron chi connectivity index (χ3n) is 4.16. The first-order chi connectivity index (χ1) is 13.7. The molecular formula is C19H24N4O4S2. The van der Waals surface area contributed by atoms with Crippen molar-refractivity contribution in [1.82, 2.24) is 15.0 Å². The summed E-state index contributed by atoms with van der Waals surface area (Å²) in [7, 11) is -3.58. The third-order valence-corrected chi connectivity index (χ3v) is 6.62. The summed E-state index contributed by atoms with van der Waals surface area (Å²) in [5.74, 6) is -0.151. The highest BCUT2D eigenvalue weighted by Gasteiger charge is 2.30. The molecule has 29 heavy (non-hydrogen) atoms. The minimum absolute atomic E-state index is 0.0165. The average Bonchev–Trinajstić information content (AvgIpc) is 3.41. The van der Waals surface area contributed by atoms with Gasteiger partial charge in [0.1, 0.15) is 0 Å². The minimum atomic E-state index is -3.58. The van der Waals surface area contributed by atoms with Crippen molar-refractivity contribution in [2.24, 2.45) is 5.92 Å². The normalized spacial score (nSPS) is 14.0. The predicted octanol–water partition coefficient (Wildman–Crippen LogP) is 2.04. The maximum Gasteiger partial charge on any atom is 0.240 e. The van der Waals surface area contributed by atoms with Crippen LogP contribution in [0, 0.1) is 5.92 Å². The molecule has 1 heterocycles. The number of thiazole rings is 1. The fourth-order valence-corrected chi connectivity index (χ4v) is 4.66. The number of rotatable bonds is 9. The van der Waals surface area contributed by atoms with Crippen molar-refractivity contribution < 1.29 is 18.0 Å². The first-order valence-electron chi connectivity index (χ1n) is 9.36. The van der Waals surface area contributed by atoms with Crippen molar-refractivity contribution in [3.05, 3.63) is 40.9 Å². The lowest BCUT2D eigenvalue weighted by atomic mass is 10.2. The molecule has 0 bridgehead atoms. The summed E-state index contributed by atoms with van der Waals surface area (Å²) in [4.78, 5) is 28.4. The van der Waals surface area contributed by atoms with Crippen LogP contribution in [-0.4, -0.2) is 31.3 Å². The first kappa shape index (κ1) is 21.4. The molecule has 2 aromatic rings. The average molecular weight is 437 g/mol. The highest BCUT2D eigenvalue weighted by atomic mass is 32.2. The maximum atomic E-state index is 12.3. The number of carbonyl (C=O) groups is 2. The number of benzene rings is 1. The molecule has 8 nitrogen and oxygen atoms in total. The zero-order chi connectivity index (χ0) is 21.0. The Hall–Kier alpha value is -2.30. The van der Waals surface area contributed by atoms with Gasteiger partial charge in [0, 0.05) is 23.9 Å². The molecule has 1 aromatic heterocycles. The molecule has 1 aromatic carbocycles. The lowest BCUT2D eigenvalue weighted by molar-refractivity contribution is -0.120. The first-order valence-corrected chi connectivity index (χ1v) is 11.7. The van der Waals surface area contributed by atoms with Gasteiger partial charge in [0.2, 0.25) is 21.8 Å². The standard InChI is InChI=1S/C19H24N4O4S2/c1-12(2)23-29(26,27)16-5-3-4-13(8-16)10-20-17(24)9-15-11-28-19(21-15)22-18(25)14-6-7-14/h3-5,8,11-12,14,23H,6-7,9-10H2,1-2H3,(H,20,24)(H,21,22,25). The summed E-state index contributed by atoms with van der Waals surface area (Å²) in [6.45, 7) is 3.71. The molecule has 1 aliphatic rings. The highest BCUT2D eigenvalue weighted by Crippen LogP contribution is 2.30. The van der Waals surface area contributed by atoms with E-state index in [9.17, 15) is 18.0 Å². The number of nitrogens with zero attached hydrogens (tertiary/aromatic N) is 1. The van der Waals surface area contributed by atoms with Crippen molar-refractivity contribution in [2.45, 2.75) is 50.6 Å². The molecule has 0 spiro atoms. The van der Waals surface area contributed by atoms with Crippen molar-refractivity contribution >= 4 is 38.3 Å². The van der Waals surface area contributed by atoms with E-state index in [1.54, 1.807) is 37.4 Å². The largest absolute Gasteiger partial charge is 0.352 e. The van der Waals surface area contributed by atoms with E-state index >= 15 is 0 Å². The van der Waals surface area contributed by atoms with Crippen molar-refractivity contribution in [3.8, 4) is 0 Å². The van der Waals surface area contributed by atoms with Crippen LogP contribution in [0.3, 0.4) is 0 Å². The summed E-state index contributed by atoms with van der Waals surface area (Å²) < 4.78 is 27.1. The van der Waals surface area contributed by atoms with E-state index < -0.39 is 10.0 Å². The van der Waals surface area contributed by atoms with E-state index in [1.807, 2.05) is 0 Å². The number of aromatic nitrogens is 1. The molecule has 3 rings (SSSR count). The monoisotopic (exact) mass is 436 g/mol. The van der Waals surface area contributed by atoms with Crippen LogP contribution in [0.2, 0.25) is 0 Å². The SMILES string of the molecule is CC(C)NS(=O)(=O)c1cccc(CNC(=O)Cc2csc(NC(=O)C3CC3)n2)c1. The van der Waals surface area contributed by atoms with E-state index in [2.05, 4.69) is 20.3 Å². The summed E-state index contributed by atoms with van der Waals surface area (Å²) in [5.41, 5.74) is 1.26. The van der Waals surface area contributed by atoms with Gasteiger partial charge in [0.15, 0.2) is 5.13 Å². The molecule has 10 heteroatoms. The Labute approximate surface area is 174 Å². The van der Waals surface area contributed by atoms with E-state index in [0.717, 1.165) is 12.8 Å². The van der Waals surface area contributed by atoms with Gasteiger partial charge in [-0.1, -0.05) is 12.1 Å². The molecule has 1 aliphatic carbocycles. The van der Waals surface area contributed by atoms with E-state index in [1.165, 1.54) is 17.4 Å². The van der Waals surface area contributed by atoms with Gasteiger partial charge in [-0.25, -0.2) is 18.1 Å². The molecule has 2 amide bonds. The molecule has 1 fully saturated rings. The second kappa shape index (κ2) is 9.02. The smallest absolute Gasteiger partial charge is 0.240 e. The van der Waals surface area contributed by atoms with E-state index in [0.29, 0.717) is 16.4 Å². The van der Waals surface area contributed by atoms with Crippen LogP contribution in [-0.2, 0) is 32.6 Å². The number of anilines is 1. The zero-order valence-corrected chi connectivity index (χ0v) is 17.9. The second-order valence-corrected chi connectivity index (χ2v) is 9.86. The summed E-state index contributed by atoms with van der Waals surface area (Å²) in [6.07, 6.45) is 1.92. The van der Waals surface area contributed by atoms with Crippen molar-refractivity contribution in [3.63, 3.8) is 0 Å². The number of hydrogen-bond acceptors (Lipinski definition) is 6. The Morgan fingerprint density at radius 3 is 2.72 bits per heavy atom. The van der Waals surface area contributed by atoms with Gasteiger partial charge in [-0.2, -0.15) is 0 Å². The van der Waals surface area contributed by atoms with Crippen LogP contribution in [0.15, 0.2) is 34.5 Å². The van der Waals surface area contributed by atoms with E-state index in [4.69, 9.17) is 0 Å². The van der Waals surface area contributed by atoms with Gasteiger partial charge in [-0.15, -0.1) is 11.3 Å². The van der Waals surface area contributed by atoms with Crippen molar-refractivity contribution in [1.29, 1.82) is 0 Å². The van der Waals surface area contributed by atoms with Crippen LogP contribution < -0.4 is 15.4 Å². The Morgan fingerprint density at radius 2 is 2.03 bits per heavy atom. The van der Waals surface area contributed by atoms with E-state index in [-0.39, 0.29) is 41.6 Å². The molecule has 0 unspecified atom stereocenters. The highest BCUT2D eigenvalue weighted by molar-refractivity contribution is 7.89. The van der Waals surface area contributed by atoms with Crippen LogP contribution >= 0.6 is 11.3 Å². The molecule has 1 saturated carbocycles. The van der Waals surface area contributed by atoms with Gasteiger partial charge < -0.3 is 10.6 Å². The van der Waals surface area contributed by atoms with Gasteiger partial charge >= 0.3 is 0 Å². The predicted molar refractivity (Wildman–Crippen MR) is 111 cm³/mol. The van der Waals surface area contributed by atoms with Gasteiger partial charge in [0.05, 0.1) is 17.0 Å². The summed E-state index contributed by atoms with van der Waals surface area (Å²) in [5, 5.41) is 7.77. The fraction of sp³-hybridized carbons (Fsp3) is 0.421. The number of sulfonamides is 1. The van der Waals surface area contributed by atoms with Crippen LogP contribution in [0.4, 0.5) is 5.13 Å². The molecular weight excluding hydrogens is 412 g/mol. The topological polar surface area (TPSA) is 117 Å². The maximum absolute atomic E-state index is 12.3. The Bertz CT molecular complexity index is 997. The quantitative estimate of drug-likeness (QED) is 0.556. The molecule has 0 atom stereocenters. The zero-order valence-electron chi connectivity index (χ0n) is 16.3. The van der Waals surface area contributed by atoms with Gasteiger partial charge in [-0.05, 0) is 44.4 Å². The lowest BCUT2D eigenvalue weighted by Gasteiger charge is -2.11. The van der Waals surface area contributed by atoms with Gasteiger partial charge in [-0.3, -0.25) is 9.59 Å². The molecule has 0 saturated heterocycles. The number of amides is 2. The number of nitrogens with one attached hydrogen (secondary N) is 3. The summed E-state index contributed by atoms with van der Waals surface area (Å²) >= 11 is 1.29. The van der Waals surface area contributed by atoms with Crippen molar-refractivity contribution in [2.75, 3.05) is 5.32 Å². The van der Waals surface area contributed by atoms with Crippen LogP contribution in [0.1, 0.15) is 37.9 Å². The molecule has 3 N–H and O–H groups in total. The Kier molecular flexibility index (Phi) is 6.66. The molecule has 156 valence electrons. The lowest BCUT2D eigenvalue weighted by Crippen LogP contribution is -2.30. The Morgan fingerprint density at radius 1 is 1.28 bits per heavy atom. The Balaban J connectivity index is 1.52. The van der Waals surface area contributed by atoms with Crippen LogP contribution in [0.5, 0.6) is 0 Å². The third kappa shape index (κ3) is 6.34. The number of carbonyl (C=O) groups excluding carboxylic acids is 2. The van der Waals surface area contributed by atoms with Crippen LogP contribution in [0.25, 0.3) is 0 Å². The number of hydrogen-bond donors (Lipinski definition) is 3. The molecule has 0 aliphatic heterocycles. The van der Waals surface area contributed by atoms with Gasteiger partial charge in [0.25, 0.3) is 0 Å². The minimum Gasteiger partial charge on any atom is -0.352 e. The summed E-state index contributed by atoms with van der Waals surface area (Å²) in [6, 6.07) is 6.25. The molecule has 0 radical (unpaired) electrons.